The van der Waals surface area contributed by atoms with Crippen molar-refractivity contribution in [2.45, 2.75) is 50.5 Å². The number of carbonyl (C=O) groups is 1. The molecule has 170 valence electrons. The molecule has 1 saturated heterocycles. The summed E-state index contributed by atoms with van der Waals surface area (Å²) in [7, 11) is -3.55. The van der Waals surface area contributed by atoms with E-state index in [1.165, 1.54) is 23.5 Å². The molecule has 1 amide bonds. The minimum Gasteiger partial charge on any atom is -0.315 e. The third-order valence-electron chi connectivity index (χ3n) is 5.60. The molecule has 0 radical (unpaired) electrons. The largest absolute Gasteiger partial charge is 0.315 e. The van der Waals surface area contributed by atoms with Crippen LogP contribution in [0.1, 0.15) is 49.4 Å². The number of nitrogens with zero attached hydrogens (tertiary/aromatic N) is 3. The van der Waals surface area contributed by atoms with E-state index in [-0.39, 0.29) is 4.90 Å². The molecular formula is C23H26ClN3O3S2. The van der Waals surface area contributed by atoms with Crippen LogP contribution in [0.5, 0.6) is 0 Å². The van der Waals surface area contributed by atoms with E-state index >= 15 is 0 Å². The summed E-state index contributed by atoms with van der Waals surface area (Å²) in [4.78, 5) is 18.0. The minimum absolute atomic E-state index is 0.214. The summed E-state index contributed by atoms with van der Waals surface area (Å²) in [5.74, 6) is -0.406. The maximum absolute atomic E-state index is 13.0. The standard InChI is InChI=1S/C23H26ClN3O3S2/c1-2-14-27-21-19(24)8-7-9-20(21)31-23(27)25-22(28)17-10-12-18(13-11-17)32(29,30)26-15-5-3-4-6-16-26/h7-13H,2-6,14-16H2,1H3. The van der Waals surface area contributed by atoms with Crippen molar-refractivity contribution in [2.75, 3.05) is 13.1 Å². The van der Waals surface area contributed by atoms with Gasteiger partial charge in [-0.15, -0.1) is 0 Å². The highest BCUT2D eigenvalue weighted by Gasteiger charge is 2.25. The van der Waals surface area contributed by atoms with Gasteiger partial charge in [0.2, 0.25) is 10.0 Å². The Morgan fingerprint density at radius 2 is 1.75 bits per heavy atom. The maximum Gasteiger partial charge on any atom is 0.279 e. The Morgan fingerprint density at radius 3 is 2.41 bits per heavy atom. The summed E-state index contributed by atoms with van der Waals surface area (Å²) < 4.78 is 30.4. The predicted octanol–water partition coefficient (Wildman–Crippen LogP) is 5.07. The number of fused-ring (bicyclic) bond motifs is 1. The molecule has 0 aliphatic carbocycles. The summed E-state index contributed by atoms with van der Waals surface area (Å²) in [5.41, 5.74) is 1.23. The number of hydrogen-bond donors (Lipinski definition) is 0. The molecule has 4 rings (SSSR count). The Bertz CT molecular complexity index is 1290. The molecule has 0 N–H and O–H groups in total. The van der Waals surface area contributed by atoms with Gasteiger partial charge in [0.25, 0.3) is 5.91 Å². The SMILES string of the molecule is CCCn1c(=NC(=O)c2ccc(S(=O)(=O)N3CCCCCC3)cc2)sc2cccc(Cl)c21. The van der Waals surface area contributed by atoms with E-state index < -0.39 is 15.9 Å². The Hall–Kier alpha value is -2.00. The first-order valence-electron chi connectivity index (χ1n) is 10.9. The van der Waals surface area contributed by atoms with Crippen LogP contribution in [0.25, 0.3) is 10.2 Å². The van der Waals surface area contributed by atoms with Gasteiger partial charge in [-0.1, -0.05) is 48.8 Å². The molecule has 1 aliphatic rings. The summed E-state index contributed by atoms with van der Waals surface area (Å²) in [5, 5.41) is 0.629. The fourth-order valence-electron chi connectivity index (χ4n) is 3.96. The van der Waals surface area contributed by atoms with E-state index in [0.717, 1.165) is 42.3 Å². The summed E-state index contributed by atoms with van der Waals surface area (Å²) in [6, 6.07) is 11.8. The first kappa shape index (κ1) is 23.2. The molecule has 0 spiro atoms. The number of amides is 1. The fourth-order valence-corrected chi connectivity index (χ4v) is 6.89. The number of para-hydroxylation sites is 1. The number of thiazole rings is 1. The zero-order valence-corrected chi connectivity index (χ0v) is 20.3. The van der Waals surface area contributed by atoms with E-state index in [2.05, 4.69) is 11.9 Å². The highest BCUT2D eigenvalue weighted by atomic mass is 35.5. The second-order valence-corrected chi connectivity index (χ2v) is 11.2. The maximum atomic E-state index is 13.0. The average Bonchev–Trinajstić information content (AvgIpc) is 2.94. The third-order valence-corrected chi connectivity index (χ3v) is 8.86. The number of aryl methyl sites for hydroxylation is 1. The monoisotopic (exact) mass is 491 g/mol. The van der Waals surface area contributed by atoms with Crippen LogP contribution < -0.4 is 4.80 Å². The number of benzene rings is 2. The van der Waals surface area contributed by atoms with Gasteiger partial charge in [0.1, 0.15) is 0 Å². The van der Waals surface area contributed by atoms with Crippen LogP contribution >= 0.6 is 22.9 Å². The van der Waals surface area contributed by atoms with Gasteiger partial charge in [0.15, 0.2) is 4.80 Å². The number of rotatable bonds is 5. The summed E-state index contributed by atoms with van der Waals surface area (Å²) >= 11 is 7.82. The van der Waals surface area contributed by atoms with Crippen LogP contribution in [0.3, 0.4) is 0 Å². The molecule has 1 aromatic heterocycles. The smallest absolute Gasteiger partial charge is 0.279 e. The van der Waals surface area contributed by atoms with E-state index in [4.69, 9.17) is 11.6 Å². The molecule has 3 aromatic rings. The lowest BCUT2D eigenvalue weighted by Crippen LogP contribution is -2.31. The average molecular weight is 492 g/mol. The lowest BCUT2D eigenvalue weighted by molar-refractivity contribution is 0.0997. The highest BCUT2D eigenvalue weighted by molar-refractivity contribution is 7.89. The number of carbonyl (C=O) groups excluding carboxylic acids is 1. The van der Waals surface area contributed by atoms with Crippen LogP contribution in [0.4, 0.5) is 0 Å². The molecule has 0 unspecified atom stereocenters. The Labute approximate surface area is 197 Å². The number of halogens is 1. The van der Waals surface area contributed by atoms with Gasteiger partial charge < -0.3 is 4.57 Å². The third kappa shape index (κ3) is 4.69. The van der Waals surface area contributed by atoms with Crippen LogP contribution in [0.2, 0.25) is 5.02 Å². The first-order chi connectivity index (χ1) is 15.4. The van der Waals surface area contributed by atoms with Gasteiger partial charge in [0, 0.05) is 25.2 Å². The van der Waals surface area contributed by atoms with Crippen molar-refractivity contribution in [1.29, 1.82) is 0 Å². The van der Waals surface area contributed by atoms with Crippen LogP contribution in [0, 0.1) is 0 Å². The molecule has 0 bridgehead atoms. The van der Waals surface area contributed by atoms with E-state index in [0.29, 0.717) is 35.0 Å². The van der Waals surface area contributed by atoms with Gasteiger partial charge in [-0.3, -0.25) is 4.79 Å². The van der Waals surface area contributed by atoms with Crippen molar-refractivity contribution >= 4 is 49.1 Å². The quantitative estimate of drug-likeness (QED) is 0.500. The van der Waals surface area contributed by atoms with Crippen molar-refractivity contribution in [3.05, 3.63) is 57.9 Å². The Kier molecular flexibility index (Phi) is 7.14. The zero-order valence-electron chi connectivity index (χ0n) is 18.0. The summed E-state index contributed by atoms with van der Waals surface area (Å²) in [6.45, 7) is 3.85. The molecule has 6 nitrogen and oxygen atoms in total. The summed E-state index contributed by atoms with van der Waals surface area (Å²) in [6.07, 6.45) is 4.75. The van der Waals surface area contributed by atoms with E-state index in [1.54, 1.807) is 16.4 Å². The Morgan fingerprint density at radius 1 is 1.06 bits per heavy atom. The first-order valence-corrected chi connectivity index (χ1v) is 13.5. The van der Waals surface area contributed by atoms with Gasteiger partial charge in [-0.25, -0.2) is 8.42 Å². The van der Waals surface area contributed by atoms with Crippen molar-refractivity contribution in [3.8, 4) is 0 Å². The Balaban J connectivity index is 1.64. The second-order valence-electron chi connectivity index (χ2n) is 7.88. The minimum atomic E-state index is -3.55. The van der Waals surface area contributed by atoms with Crippen LogP contribution in [-0.2, 0) is 16.6 Å². The molecule has 32 heavy (non-hydrogen) atoms. The molecular weight excluding hydrogens is 466 g/mol. The molecule has 9 heteroatoms. The van der Waals surface area contributed by atoms with Crippen LogP contribution in [-0.4, -0.2) is 36.3 Å². The van der Waals surface area contributed by atoms with Crippen molar-refractivity contribution < 1.29 is 13.2 Å². The fraction of sp³-hybridized carbons (Fsp3) is 0.391. The van der Waals surface area contributed by atoms with Crippen LogP contribution in [0.15, 0.2) is 52.4 Å². The van der Waals surface area contributed by atoms with Gasteiger partial charge >= 0.3 is 0 Å². The molecule has 0 atom stereocenters. The number of aromatic nitrogens is 1. The van der Waals surface area contributed by atoms with E-state index in [9.17, 15) is 13.2 Å². The lowest BCUT2D eigenvalue weighted by Gasteiger charge is -2.19. The number of hydrogen-bond acceptors (Lipinski definition) is 4. The highest BCUT2D eigenvalue weighted by Crippen LogP contribution is 2.26. The molecule has 1 fully saturated rings. The van der Waals surface area contributed by atoms with Crippen molar-refractivity contribution in [2.24, 2.45) is 4.99 Å². The molecule has 2 aromatic carbocycles. The molecule has 1 aliphatic heterocycles. The zero-order chi connectivity index (χ0) is 22.7. The predicted molar refractivity (Wildman–Crippen MR) is 129 cm³/mol. The normalized spacial score (nSPS) is 16.4. The second kappa shape index (κ2) is 9.87. The van der Waals surface area contributed by atoms with Gasteiger partial charge in [-0.05, 0) is 55.7 Å². The van der Waals surface area contributed by atoms with Gasteiger partial charge in [-0.2, -0.15) is 9.30 Å². The lowest BCUT2D eigenvalue weighted by atomic mass is 10.2. The van der Waals surface area contributed by atoms with E-state index in [1.807, 2.05) is 22.8 Å². The van der Waals surface area contributed by atoms with Gasteiger partial charge in [0.05, 0.1) is 20.1 Å². The van der Waals surface area contributed by atoms with Crippen molar-refractivity contribution in [1.82, 2.24) is 8.87 Å². The molecule has 2 heterocycles. The topological polar surface area (TPSA) is 71.7 Å². The molecule has 0 saturated carbocycles. The number of sulfonamides is 1. The van der Waals surface area contributed by atoms with Crippen molar-refractivity contribution in [3.63, 3.8) is 0 Å².